The third-order valence-electron chi connectivity index (χ3n) is 3.34. The van der Waals surface area contributed by atoms with E-state index in [1.165, 1.54) is 5.56 Å². The molecule has 6 heteroatoms. The topological polar surface area (TPSA) is 49.8 Å². The maximum absolute atomic E-state index is 6.00. The van der Waals surface area contributed by atoms with E-state index in [1.54, 1.807) is 24.4 Å². The highest BCUT2D eigenvalue weighted by molar-refractivity contribution is 6.35. The number of aromatic nitrogens is 2. The van der Waals surface area contributed by atoms with Crippen LogP contribution < -0.4 is 10.6 Å². The SMILES string of the molecule is Clc1cc(Cl)cc(Nc2nccc(NCCc3ccccc3)n2)c1. The zero-order valence-electron chi connectivity index (χ0n) is 12.8. The summed E-state index contributed by atoms with van der Waals surface area (Å²) in [6, 6.07) is 17.4. The maximum Gasteiger partial charge on any atom is 0.229 e. The van der Waals surface area contributed by atoms with Gasteiger partial charge in [-0.2, -0.15) is 4.98 Å². The van der Waals surface area contributed by atoms with Gasteiger partial charge in [0.25, 0.3) is 0 Å². The van der Waals surface area contributed by atoms with E-state index in [2.05, 4.69) is 32.7 Å². The van der Waals surface area contributed by atoms with Crippen molar-refractivity contribution in [3.05, 3.63) is 76.4 Å². The van der Waals surface area contributed by atoms with Gasteiger partial charge < -0.3 is 10.6 Å². The Labute approximate surface area is 150 Å². The number of nitrogens with one attached hydrogen (secondary N) is 2. The van der Waals surface area contributed by atoms with E-state index in [1.807, 2.05) is 24.3 Å². The lowest BCUT2D eigenvalue weighted by molar-refractivity contribution is 1.00. The highest BCUT2D eigenvalue weighted by Crippen LogP contribution is 2.24. The van der Waals surface area contributed by atoms with Gasteiger partial charge in [0.2, 0.25) is 5.95 Å². The zero-order chi connectivity index (χ0) is 16.8. The minimum Gasteiger partial charge on any atom is -0.370 e. The first-order chi connectivity index (χ1) is 11.7. The number of nitrogens with zero attached hydrogens (tertiary/aromatic N) is 2. The van der Waals surface area contributed by atoms with E-state index in [0.717, 1.165) is 24.5 Å². The van der Waals surface area contributed by atoms with Crippen molar-refractivity contribution in [2.75, 3.05) is 17.2 Å². The van der Waals surface area contributed by atoms with Gasteiger partial charge in [0, 0.05) is 28.5 Å². The van der Waals surface area contributed by atoms with Crippen molar-refractivity contribution in [2.24, 2.45) is 0 Å². The van der Waals surface area contributed by atoms with Crippen LogP contribution in [0.5, 0.6) is 0 Å². The van der Waals surface area contributed by atoms with Gasteiger partial charge >= 0.3 is 0 Å². The van der Waals surface area contributed by atoms with Gasteiger partial charge in [-0.1, -0.05) is 53.5 Å². The molecule has 0 unspecified atom stereocenters. The lowest BCUT2D eigenvalue weighted by Gasteiger charge is -2.09. The quantitative estimate of drug-likeness (QED) is 0.637. The Kier molecular flexibility index (Phi) is 5.51. The molecule has 0 aliphatic carbocycles. The van der Waals surface area contributed by atoms with Crippen molar-refractivity contribution >= 4 is 40.7 Å². The monoisotopic (exact) mass is 358 g/mol. The largest absolute Gasteiger partial charge is 0.370 e. The molecule has 24 heavy (non-hydrogen) atoms. The minimum absolute atomic E-state index is 0.484. The summed E-state index contributed by atoms with van der Waals surface area (Å²) in [4.78, 5) is 8.65. The molecular formula is C18H16Cl2N4. The minimum atomic E-state index is 0.484. The second kappa shape index (κ2) is 7.99. The second-order valence-electron chi connectivity index (χ2n) is 5.21. The van der Waals surface area contributed by atoms with Crippen molar-refractivity contribution in [1.29, 1.82) is 0 Å². The van der Waals surface area contributed by atoms with Crippen LogP contribution in [0.25, 0.3) is 0 Å². The van der Waals surface area contributed by atoms with Gasteiger partial charge in [0.05, 0.1) is 0 Å². The van der Waals surface area contributed by atoms with Crippen molar-refractivity contribution in [2.45, 2.75) is 6.42 Å². The normalized spacial score (nSPS) is 10.4. The van der Waals surface area contributed by atoms with Gasteiger partial charge in [-0.3, -0.25) is 0 Å². The lowest BCUT2D eigenvalue weighted by atomic mass is 10.1. The van der Waals surface area contributed by atoms with Crippen LogP contribution in [-0.4, -0.2) is 16.5 Å². The first-order valence-electron chi connectivity index (χ1n) is 7.53. The molecule has 0 fully saturated rings. The molecule has 0 saturated heterocycles. The van der Waals surface area contributed by atoms with Crippen molar-refractivity contribution in [3.63, 3.8) is 0 Å². The third-order valence-corrected chi connectivity index (χ3v) is 3.77. The number of hydrogen-bond donors (Lipinski definition) is 2. The number of benzene rings is 2. The molecule has 0 radical (unpaired) electrons. The fraction of sp³-hybridized carbons (Fsp3) is 0.111. The Morgan fingerprint density at radius 1 is 0.917 bits per heavy atom. The molecule has 0 aliphatic heterocycles. The van der Waals surface area contributed by atoms with E-state index < -0.39 is 0 Å². The Hall–Kier alpha value is -2.30. The number of anilines is 3. The average molecular weight is 359 g/mol. The first kappa shape index (κ1) is 16.6. The molecule has 3 rings (SSSR count). The van der Waals surface area contributed by atoms with Gasteiger partial charge in [-0.15, -0.1) is 0 Å². The van der Waals surface area contributed by atoms with Crippen LogP contribution in [0, 0.1) is 0 Å². The Morgan fingerprint density at radius 2 is 1.67 bits per heavy atom. The molecule has 0 amide bonds. The molecule has 4 nitrogen and oxygen atoms in total. The van der Waals surface area contributed by atoms with Crippen LogP contribution >= 0.6 is 23.2 Å². The summed E-state index contributed by atoms with van der Waals surface area (Å²) in [5.41, 5.74) is 2.03. The van der Waals surface area contributed by atoms with Crippen LogP contribution in [0.2, 0.25) is 10.0 Å². The standard InChI is InChI=1S/C18H16Cl2N4/c19-14-10-15(20)12-16(11-14)23-18-22-9-7-17(24-18)21-8-6-13-4-2-1-3-5-13/h1-5,7,9-12H,6,8H2,(H2,21,22,23,24). The molecule has 0 aliphatic rings. The summed E-state index contributed by atoms with van der Waals surface area (Å²) in [5.74, 6) is 1.25. The van der Waals surface area contributed by atoms with Crippen LogP contribution in [0.3, 0.4) is 0 Å². The molecule has 3 aromatic rings. The number of rotatable bonds is 6. The highest BCUT2D eigenvalue weighted by Gasteiger charge is 2.03. The van der Waals surface area contributed by atoms with Crippen LogP contribution in [0.1, 0.15) is 5.56 Å². The lowest BCUT2D eigenvalue weighted by Crippen LogP contribution is -2.07. The fourth-order valence-corrected chi connectivity index (χ4v) is 2.78. The molecule has 2 aromatic carbocycles. The van der Waals surface area contributed by atoms with Crippen LogP contribution in [-0.2, 0) is 6.42 Å². The predicted octanol–water partition coefficient (Wildman–Crippen LogP) is 5.18. The molecule has 0 bridgehead atoms. The van der Waals surface area contributed by atoms with Gasteiger partial charge in [-0.05, 0) is 36.2 Å². The van der Waals surface area contributed by atoms with Crippen molar-refractivity contribution in [1.82, 2.24) is 9.97 Å². The molecule has 0 saturated carbocycles. The molecule has 2 N–H and O–H groups in total. The molecular weight excluding hydrogens is 343 g/mol. The second-order valence-corrected chi connectivity index (χ2v) is 6.08. The molecule has 1 aromatic heterocycles. The summed E-state index contributed by atoms with van der Waals surface area (Å²) >= 11 is 12.0. The summed E-state index contributed by atoms with van der Waals surface area (Å²) < 4.78 is 0. The Bertz CT molecular complexity index is 789. The zero-order valence-corrected chi connectivity index (χ0v) is 14.3. The molecule has 0 atom stereocenters. The van der Waals surface area contributed by atoms with E-state index in [9.17, 15) is 0 Å². The predicted molar refractivity (Wildman–Crippen MR) is 100 cm³/mol. The Balaban J connectivity index is 1.61. The summed E-state index contributed by atoms with van der Waals surface area (Å²) in [6.45, 7) is 0.795. The molecule has 0 spiro atoms. The molecule has 122 valence electrons. The first-order valence-corrected chi connectivity index (χ1v) is 8.28. The van der Waals surface area contributed by atoms with Crippen LogP contribution in [0.15, 0.2) is 60.8 Å². The summed E-state index contributed by atoms with van der Waals surface area (Å²) in [5, 5.41) is 7.52. The van der Waals surface area contributed by atoms with Crippen molar-refractivity contribution in [3.8, 4) is 0 Å². The smallest absolute Gasteiger partial charge is 0.229 e. The molecule has 1 heterocycles. The van der Waals surface area contributed by atoms with Gasteiger partial charge in [0.1, 0.15) is 5.82 Å². The van der Waals surface area contributed by atoms with Gasteiger partial charge in [-0.25, -0.2) is 4.98 Å². The fourth-order valence-electron chi connectivity index (χ4n) is 2.25. The summed E-state index contributed by atoms with van der Waals surface area (Å²) in [6.07, 6.45) is 2.63. The Morgan fingerprint density at radius 3 is 2.42 bits per heavy atom. The summed E-state index contributed by atoms with van der Waals surface area (Å²) in [7, 11) is 0. The van der Waals surface area contributed by atoms with E-state index in [4.69, 9.17) is 23.2 Å². The average Bonchev–Trinajstić information content (AvgIpc) is 2.55. The van der Waals surface area contributed by atoms with E-state index in [-0.39, 0.29) is 0 Å². The van der Waals surface area contributed by atoms with Crippen molar-refractivity contribution < 1.29 is 0 Å². The van der Waals surface area contributed by atoms with E-state index >= 15 is 0 Å². The van der Waals surface area contributed by atoms with Crippen LogP contribution in [0.4, 0.5) is 17.5 Å². The third kappa shape index (κ3) is 4.85. The number of halogens is 2. The van der Waals surface area contributed by atoms with E-state index in [0.29, 0.717) is 16.0 Å². The maximum atomic E-state index is 6.00. The highest BCUT2D eigenvalue weighted by atomic mass is 35.5. The number of hydrogen-bond acceptors (Lipinski definition) is 4. The van der Waals surface area contributed by atoms with Gasteiger partial charge in [0.15, 0.2) is 0 Å².